The van der Waals surface area contributed by atoms with Gasteiger partial charge < -0.3 is 14.6 Å². The summed E-state index contributed by atoms with van der Waals surface area (Å²) < 4.78 is 35.2. The van der Waals surface area contributed by atoms with Crippen molar-refractivity contribution in [2.75, 3.05) is 17.5 Å². The van der Waals surface area contributed by atoms with Crippen LogP contribution in [0.1, 0.15) is 10.4 Å². The summed E-state index contributed by atoms with van der Waals surface area (Å²) in [5, 5.41) is 9.80. The summed E-state index contributed by atoms with van der Waals surface area (Å²) >= 11 is -2.38. The lowest BCUT2D eigenvalue weighted by molar-refractivity contribution is 0.0697. The summed E-state index contributed by atoms with van der Waals surface area (Å²) in [7, 11) is 0. The van der Waals surface area contributed by atoms with Crippen molar-refractivity contribution in [3.05, 3.63) is 90.6 Å². The summed E-state index contributed by atoms with van der Waals surface area (Å²) in [5.74, 6) is -0.0943. The molecule has 0 fully saturated rings. The molecule has 1 heterocycles. The zero-order valence-electron chi connectivity index (χ0n) is 17.3. The number of aromatic nitrogens is 1. The molecule has 1 atom stereocenters. The van der Waals surface area contributed by atoms with Gasteiger partial charge in [0.15, 0.2) is 0 Å². The molecule has 0 aliphatic carbocycles. The molecule has 0 amide bonds. The van der Waals surface area contributed by atoms with Gasteiger partial charge in [0.1, 0.15) is 24.7 Å². The van der Waals surface area contributed by atoms with Gasteiger partial charge in [-0.15, -0.1) is 0 Å². The molecule has 1 aromatic heterocycles. The van der Waals surface area contributed by atoms with Gasteiger partial charge in [-0.2, -0.15) is 0 Å². The van der Waals surface area contributed by atoms with Gasteiger partial charge >= 0.3 is 5.97 Å². The minimum Gasteiger partial charge on any atom is -0.490 e. The number of para-hydroxylation sites is 3. The van der Waals surface area contributed by atoms with Crippen LogP contribution in [-0.4, -0.2) is 38.0 Å². The van der Waals surface area contributed by atoms with Crippen LogP contribution in [0.15, 0.2) is 85.1 Å². The molecule has 0 radical (unpaired) electrons. The third-order valence-electron chi connectivity index (χ3n) is 4.78. The van der Waals surface area contributed by atoms with Crippen LogP contribution in [0.3, 0.4) is 0 Å². The minimum absolute atomic E-state index is 0.164. The van der Waals surface area contributed by atoms with E-state index in [4.69, 9.17) is 14.6 Å². The SMILES string of the molecule is O=C(O)c1ccc(OCCOc2ccccc2N(c2cccc3cccnc23)S(=O)O)cc1. The molecule has 1 unspecified atom stereocenters. The molecule has 4 rings (SSSR count). The molecule has 8 nitrogen and oxygen atoms in total. The predicted molar refractivity (Wildman–Crippen MR) is 125 cm³/mol. The van der Waals surface area contributed by atoms with Gasteiger partial charge in [0.25, 0.3) is 11.3 Å². The van der Waals surface area contributed by atoms with E-state index >= 15 is 0 Å². The minimum atomic E-state index is -2.38. The molecule has 2 N–H and O–H groups in total. The Balaban J connectivity index is 1.52. The summed E-state index contributed by atoms with van der Waals surface area (Å²) in [6.45, 7) is 0.357. The van der Waals surface area contributed by atoms with E-state index in [0.717, 1.165) is 5.39 Å². The average molecular weight is 464 g/mol. The fourth-order valence-corrected chi connectivity index (χ4v) is 3.94. The lowest BCUT2D eigenvalue weighted by Crippen LogP contribution is -2.21. The highest BCUT2D eigenvalue weighted by Crippen LogP contribution is 2.37. The molecule has 9 heteroatoms. The highest BCUT2D eigenvalue weighted by atomic mass is 32.2. The van der Waals surface area contributed by atoms with E-state index in [1.807, 2.05) is 12.1 Å². The summed E-state index contributed by atoms with van der Waals surface area (Å²) in [4.78, 5) is 15.3. The second-order valence-electron chi connectivity index (χ2n) is 6.87. The van der Waals surface area contributed by atoms with Gasteiger partial charge in [-0.05, 0) is 48.5 Å². The Morgan fingerprint density at radius 2 is 1.58 bits per heavy atom. The first-order valence-electron chi connectivity index (χ1n) is 9.97. The van der Waals surface area contributed by atoms with E-state index in [2.05, 4.69) is 4.98 Å². The Morgan fingerprint density at radius 1 is 0.879 bits per heavy atom. The summed E-state index contributed by atoms with van der Waals surface area (Å²) in [5.41, 5.74) is 1.64. The van der Waals surface area contributed by atoms with E-state index in [9.17, 15) is 13.6 Å². The summed E-state index contributed by atoms with van der Waals surface area (Å²) in [6.07, 6.45) is 1.63. The number of hydrogen-bond donors (Lipinski definition) is 2. The number of pyridine rings is 1. The monoisotopic (exact) mass is 464 g/mol. The van der Waals surface area contributed by atoms with Crippen LogP contribution in [0.2, 0.25) is 0 Å². The van der Waals surface area contributed by atoms with Gasteiger partial charge in [-0.1, -0.05) is 30.3 Å². The van der Waals surface area contributed by atoms with Crippen LogP contribution in [0.5, 0.6) is 11.5 Å². The van der Waals surface area contributed by atoms with Crippen LogP contribution in [0.25, 0.3) is 10.9 Å². The van der Waals surface area contributed by atoms with Crippen molar-refractivity contribution in [2.45, 2.75) is 0 Å². The average Bonchev–Trinajstić information content (AvgIpc) is 2.83. The van der Waals surface area contributed by atoms with Crippen LogP contribution in [0, 0.1) is 0 Å². The van der Waals surface area contributed by atoms with E-state index in [1.54, 1.807) is 60.8 Å². The zero-order valence-corrected chi connectivity index (χ0v) is 18.1. The Hall–Kier alpha value is -3.95. The van der Waals surface area contributed by atoms with Crippen LogP contribution in [-0.2, 0) is 11.3 Å². The number of carboxylic acid groups (broad SMARTS) is 1. The Kier molecular flexibility index (Phi) is 6.82. The first kappa shape index (κ1) is 22.3. The molecule has 0 saturated carbocycles. The lowest BCUT2D eigenvalue weighted by atomic mass is 10.2. The van der Waals surface area contributed by atoms with Gasteiger partial charge in [0, 0.05) is 11.6 Å². The molecular formula is C24H20N2O6S. The molecule has 4 aromatic rings. The third-order valence-corrected chi connectivity index (χ3v) is 5.49. The Labute approximate surface area is 192 Å². The molecule has 0 bridgehead atoms. The second kappa shape index (κ2) is 10.1. The van der Waals surface area contributed by atoms with Crippen molar-refractivity contribution in [3.8, 4) is 11.5 Å². The Morgan fingerprint density at radius 3 is 2.33 bits per heavy atom. The van der Waals surface area contributed by atoms with Crippen LogP contribution in [0.4, 0.5) is 11.4 Å². The maximum Gasteiger partial charge on any atom is 0.335 e. The molecule has 0 aliphatic rings. The fourth-order valence-electron chi connectivity index (χ4n) is 3.30. The second-order valence-corrected chi connectivity index (χ2v) is 7.70. The van der Waals surface area contributed by atoms with Gasteiger partial charge in [0.05, 0.1) is 22.5 Å². The van der Waals surface area contributed by atoms with Crippen LogP contribution >= 0.6 is 0 Å². The highest BCUT2D eigenvalue weighted by molar-refractivity contribution is 7.81. The largest absolute Gasteiger partial charge is 0.490 e. The topological polar surface area (TPSA) is 109 Å². The van der Waals surface area contributed by atoms with Crippen molar-refractivity contribution < 1.29 is 28.1 Å². The van der Waals surface area contributed by atoms with Crippen molar-refractivity contribution in [2.24, 2.45) is 0 Å². The van der Waals surface area contributed by atoms with Crippen LogP contribution < -0.4 is 13.8 Å². The van der Waals surface area contributed by atoms with E-state index in [-0.39, 0.29) is 18.8 Å². The number of benzene rings is 3. The quantitative estimate of drug-likeness (QED) is 0.274. The number of carbonyl (C=O) groups is 1. The maximum absolute atomic E-state index is 12.4. The molecule has 0 saturated heterocycles. The molecular weight excluding hydrogens is 444 g/mol. The van der Waals surface area contributed by atoms with E-state index < -0.39 is 17.2 Å². The number of carboxylic acids is 1. The number of aromatic carboxylic acids is 1. The van der Waals surface area contributed by atoms with Gasteiger partial charge in [0.2, 0.25) is 0 Å². The number of nitrogens with zero attached hydrogens (tertiary/aromatic N) is 2. The molecule has 168 valence electrons. The van der Waals surface area contributed by atoms with E-state index in [0.29, 0.717) is 28.4 Å². The number of anilines is 2. The third kappa shape index (κ3) is 5.11. The van der Waals surface area contributed by atoms with Gasteiger partial charge in [-0.3, -0.25) is 9.54 Å². The molecule has 33 heavy (non-hydrogen) atoms. The van der Waals surface area contributed by atoms with Crippen molar-refractivity contribution in [3.63, 3.8) is 0 Å². The number of ether oxygens (including phenoxy) is 2. The standard InChI is InChI=1S/C24H20N2O6S/c27-24(28)18-10-12-19(13-11-18)31-15-16-32-22-9-2-1-7-20(22)26(33(29)30)21-8-3-5-17-6-4-14-25-23(17)21/h1-14H,15-16H2,(H,27,28)(H,29,30). The first-order valence-corrected chi connectivity index (χ1v) is 11.0. The van der Waals surface area contributed by atoms with Gasteiger partial charge in [-0.25, -0.2) is 13.3 Å². The number of fused-ring (bicyclic) bond motifs is 1. The first-order chi connectivity index (χ1) is 16.0. The maximum atomic E-state index is 12.4. The number of rotatable bonds is 9. The Bertz CT molecular complexity index is 1290. The zero-order chi connectivity index (χ0) is 23.2. The normalized spacial score (nSPS) is 11.7. The molecule has 0 aliphatic heterocycles. The van der Waals surface area contributed by atoms with E-state index in [1.165, 1.54) is 16.4 Å². The summed E-state index contributed by atoms with van der Waals surface area (Å²) in [6, 6.07) is 22.1. The van der Waals surface area contributed by atoms with Crippen molar-refractivity contribution in [1.82, 2.24) is 4.98 Å². The van der Waals surface area contributed by atoms with Crippen molar-refractivity contribution >= 4 is 39.5 Å². The highest BCUT2D eigenvalue weighted by Gasteiger charge is 2.22. The molecule has 0 spiro atoms. The predicted octanol–water partition coefficient (Wildman–Crippen LogP) is 4.67. The fraction of sp³-hybridized carbons (Fsp3) is 0.0833. The molecule has 3 aromatic carbocycles. The lowest BCUT2D eigenvalue weighted by Gasteiger charge is -2.23. The number of hydrogen-bond acceptors (Lipinski definition) is 5. The van der Waals surface area contributed by atoms with Crippen molar-refractivity contribution in [1.29, 1.82) is 0 Å². The smallest absolute Gasteiger partial charge is 0.335 e.